The zero-order valence-electron chi connectivity index (χ0n) is 20.0. The molecule has 1 unspecified atom stereocenters. The number of benzene rings is 3. The van der Waals surface area contributed by atoms with Gasteiger partial charge >= 0.3 is 0 Å². The lowest BCUT2D eigenvalue weighted by Crippen LogP contribution is -2.28. The monoisotopic (exact) mass is 458 g/mol. The molecular formula is C29H31FN2O2. The van der Waals surface area contributed by atoms with Gasteiger partial charge in [0.05, 0.1) is 6.61 Å². The average molecular weight is 459 g/mol. The molecule has 0 spiro atoms. The number of fused-ring (bicyclic) bond motifs is 1. The lowest BCUT2D eigenvalue weighted by atomic mass is 9.87. The molecule has 1 N–H and O–H groups in total. The summed E-state index contributed by atoms with van der Waals surface area (Å²) in [5.41, 5.74) is 5.93. The first-order chi connectivity index (χ1) is 16.5. The highest BCUT2D eigenvalue weighted by Crippen LogP contribution is 2.36. The van der Waals surface area contributed by atoms with Crippen LogP contribution in [0.2, 0.25) is 0 Å². The fraction of sp³-hybridized carbons (Fsp3) is 0.276. The molecule has 34 heavy (non-hydrogen) atoms. The van der Waals surface area contributed by atoms with E-state index in [1.54, 1.807) is 13.2 Å². The third kappa shape index (κ3) is 5.37. The maximum Gasteiger partial charge on any atom is 0.221 e. The van der Waals surface area contributed by atoms with Gasteiger partial charge in [-0.25, -0.2) is 4.39 Å². The number of hydrogen-bond donors (Lipinski definition) is 1. The van der Waals surface area contributed by atoms with Crippen LogP contribution in [0.4, 0.5) is 4.39 Å². The molecule has 1 aromatic heterocycles. The molecule has 0 saturated heterocycles. The van der Waals surface area contributed by atoms with Gasteiger partial charge in [0.2, 0.25) is 5.91 Å². The summed E-state index contributed by atoms with van der Waals surface area (Å²) < 4.78 is 22.3. The molecule has 3 aromatic carbocycles. The Hall–Kier alpha value is -3.44. The third-order valence-electron chi connectivity index (χ3n) is 6.21. The van der Waals surface area contributed by atoms with Gasteiger partial charge in [0.25, 0.3) is 0 Å². The first-order valence-corrected chi connectivity index (χ1v) is 11.6. The van der Waals surface area contributed by atoms with Crippen LogP contribution in [-0.2, 0) is 16.1 Å². The number of nitrogens with zero attached hydrogens (tertiary/aromatic N) is 1. The summed E-state index contributed by atoms with van der Waals surface area (Å²) in [6.45, 7) is 5.58. The Morgan fingerprint density at radius 3 is 2.50 bits per heavy atom. The van der Waals surface area contributed by atoms with Gasteiger partial charge in [-0.15, -0.1) is 0 Å². The molecule has 0 aliphatic heterocycles. The molecule has 1 heterocycles. The molecular weight excluding hydrogens is 427 g/mol. The number of para-hydroxylation sites is 1. The summed E-state index contributed by atoms with van der Waals surface area (Å²) in [6, 6.07) is 21.7. The van der Waals surface area contributed by atoms with Crippen molar-refractivity contribution in [1.82, 2.24) is 9.88 Å². The normalized spacial score (nSPS) is 12.1. The second-order valence-corrected chi connectivity index (χ2v) is 8.84. The van der Waals surface area contributed by atoms with Crippen LogP contribution in [-0.4, -0.2) is 30.7 Å². The van der Waals surface area contributed by atoms with E-state index in [1.807, 2.05) is 25.1 Å². The van der Waals surface area contributed by atoms with E-state index >= 15 is 4.39 Å². The van der Waals surface area contributed by atoms with Crippen molar-refractivity contribution in [1.29, 1.82) is 0 Å². The minimum absolute atomic E-state index is 0.127. The number of methoxy groups -OCH3 is 1. The highest BCUT2D eigenvalue weighted by atomic mass is 19.1. The lowest BCUT2D eigenvalue weighted by molar-refractivity contribution is -0.121. The first kappa shape index (κ1) is 23.7. The van der Waals surface area contributed by atoms with Crippen LogP contribution in [0, 0.1) is 19.7 Å². The zero-order valence-corrected chi connectivity index (χ0v) is 20.0. The SMILES string of the molecule is COCCNC(=O)CC(c1cc(C)ccc1F)c1cn(Cc2ccc(C)cc2)c2ccccc12. The van der Waals surface area contributed by atoms with Crippen LogP contribution >= 0.6 is 0 Å². The third-order valence-corrected chi connectivity index (χ3v) is 6.21. The Labute approximate surface area is 200 Å². The smallest absolute Gasteiger partial charge is 0.221 e. The average Bonchev–Trinajstić information content (AvgIpc) is 3.19. The summed E-state index contributed by atoms with van der Waals surface area (Å²) in [6.07, 6.45) is 2.24. The van der Waals surface area contributed by atoms with E-state index in [4.69, 9.17) is 4.74 Å². The summed E-state index contributed by atoms with van der Waals surface area (Å²) in [4.78, 5) is 12.8. The quantitative estimate of drug-likeness (QED) is 0.326. The fourth-order valence-electron chi connectivity index (χ4n) is 4.44. The van der Waals surface area contributed by atoms with Crippen molar-refractivity contribution in [3.05, 3.63) is 107 Å². The number of hydrogen-bond acceptors (Lipinski definition) is 2. The second kappa shape index (κ2) is 10.7. The summed E-state index contributed by atoms with van der Waals surface area (Å²) >= 11 is 0. The lowest BCUT2D eigenvalue weighted by Gasteiger charge is -2.18. The van der Waals surface area contributed by atoms with Crippen molar-refractivity contribution >= 4 is 16.8 Å². The molecule has 0 radical (unpaired) electrons. The predicted molar refractivity (Wildman–Crippen MR) is 135 cm³/mol. The van der Waals surface area contributed by atoms with Gasteiger partial charge in [-0.05, 0) is 42.7 Å². The van der Waals surface area contributed by atoms with Gasteiger partial charge < -0.3 is 14.6 Å². The van der Waals surface area contributed by atoms with Crippen LogP contribution in [0.1, 0.15) is 40.2 Å². The van der Waals surface area contributed by atoms with Crippen LogP contribution < -0.4 is 5.32 Å². The van der Waals surface area contributed by atoms with Crippen molar-refractivity contribution in [2.24, 2.45) is 0 Å². The van der Waals surface area contributed by atoms with Gasteiger partial charge in [0.1, 0.15) is 5.82 Å². The van der Waals surface area contributed by atoms with Gasteiger partial charge in [-0.1, -0.05) is 65.7 Å². The summed E-state index contributed by atoms with van der Waals surface area (Å²) in [5, 5.41) is 3.93. The number of carbonyl (C=O) groups excluding carboxylic acids is 1. The minimum Gasteiger partial charge on any atom is -0.383 e. The number of aromatic nitrogens is 1. The second-order valence-electron chi connectivity index (χ2n) is 8.84. The number of amides is 1. The van der Waals surface area contributed by atoms with E-state index in [0.717, 1.165) is 22.0 Å². The van der Waals surface area contributed by atoms with Crippen LogP contribution in [0.25, 0.3) is 10.9 Å². The van der Waals surface area contributed by atoms with Gasteiger partial charge in [0, 0.05) is 49.6 Å². The summed E-state index contributed by atoms with van der Waals surface area (Å²) in [5.74, 6) is -0.833. The molecule has 1 amide bonds. The minimum atomic E-state index is -0.411. The van der Waals surface area contributed by atoms with Crippen molar-refractivity contribution < 1.29 is 13.9 Å². The number of rotatable bonds is 9. The van der Waals surface area contributed by atoms with Gasteiger partial charge in [-0.3, -0.25) is 4.79 Å². The standard InChI is InChI=1S/C29H31FN2O2/c1-20-8-11-22(12-9-20)18-32-19-26(23-6-4-5-7-28(23)32)24(17-29(33)31-14-15-34-3)25-16-21(2)10-13-27(25)30/h4-13,16,19,24H,14-15,17-18H2,1-3H3,(H,31,33). The fourth-order valence-corrected chi connectivity index (χ4v) is 4.44. The molecule has 0 fully saturated rings. The van der Waals surface area contributed by atoms with E-state index in [1.165, 1.54) is 17.2 Å². The molecule has 176 valence electrons. The van der Waals surface area contributed by atoms with Crippen molar-refractivity contribution in [2.45, 2.75) is 32.7 Å². The number of nitrogens with one attached hydrogen (secondary N) is 1. The number of aryl methyl sites for hydroxylation is 2. The molecule has 1 atom stereocenters. The van der Waals surface area contributed by atoms with Gasteiger partial charge in [-0.2, -0.15) is 0 Å². The van der Waals surface area contributed by atoms with Crippen molar-refractivity contribution in [3.63, 3.8) is 0 Å². The van der Waals surface area contributed by atoms with E-state index in [0.29, 0.717) is 25.3 Å². The van der Waals surface area contributed by atoms with E-state index in [9.17, 15) is 4.79 Å². The number of carbonyl (C=O) groups is 1. The van der Waals surface area contributed by atoms with Crippen molar-refractivity contribution in [3.8, 4) is 0 Å². The number of ether oxygens (including phenoxy) is 1. The highest BCUT2D eigenvalue weighted by molar-refractivity contribution is 5.87. The molecule has 0 aliphatic carbocycles. The van der Waals surface area contributed by atoms with Gasteiger partial charge in [0.15, 0.2) is 0 Å². The molecule has 5 heteroatoms. The maximum absolute atomic E-state index is 15.1. The van der Waals surface area contributed by atoms with E-state index < -0.39 is 5.92 Å². The zero-order chi connectivity index (χ0) is 24.1. The largest absolute Gasteiger partial charge is 0.383 e. The topological polar surface area (TPSA) is 43.3 Å². The first-order valence-electron chi connectivity index (χ1n) is 11.6. The molecule has 4 aromatic rings. The predicted octanol–water partition coefficient (Wildman–Crippen LogP) is 5.73. The highest BCUT2D eigenvalue weighted by Gasteiger charge is 2.25. The molecule has 0 aliphatic rings. The molecule has 0 bridgehead atoms. The number of halogens is 1. The molecule has 0 saturated carbocycles. The van der Waals surface area contributed by atoms with Crippen molar-refractivity contribution in [2.75, 3.05) is 20.3 Å². The molecule has 4 rings (SSSR count). The Balaban J connectivity index is 1.78. The Bertz CT molecular complexity index is 1280. The van der Waals surface area contributed by atoms with Crippen LogP contribution in [0.5, 0.6) is 0 Å². The Morgan fingerprint density at radius 2 is 1.74 bits per heavy atom. The van der Waals surface area contributed by atoms with Crippen LogP contribution in [0.3, 0.4) is 0 Å². The van der Waals surface area contributed by atoms with Crippen LogP contribution in [0.15, 0.2) is 72.9 Å². The maximum atomic E-state index is 15.1. The Kier molecular flexibility index (Phi) is 7.43. The van der Waals surface area contributed by atoms with E-state index in [2.05, 4.69) is 59.4 Å². The van der Waals surface area contributed by atoms with E-state index in [-0.39, 0.29) is 18.1 Å². The summed E-state index contributed by atoms with van der Waals surface area (Å²) in [7, 11) is 1.60. The Morgan fingerprint density at radius 1 is 1.00 bits per heavy atom. The molecule has 4 nitrogen and oxygen atoms in total.